The zero-order valence-electron chi connectivity index (χ0n) is 37.0. The van der Waals surface area contributed by atoms with Crippen LogP contribution in [0.3, 0.4) is 0 Å². The molecule has 0 saturated heterocycles. The molecule has 3 saturated carbocycles. The molecule has 5 nitrogen and oxygen atoms in total. The predicted molar refractivity (Wildman–Crippen MR) is 242 cm³/mol. The fourth-order valence-corrected chi connectivity index (χ4v) is 13.3. The molecule has 324 valence electrons. The van der Waals surface area contributed by atoms with Crippen LogP contribution in [0.4, 0.5) is 0 Å². The Kier molecular flexibility index (Phi) is 13.7. The van der Waals surface area contributed by atoms with E-state index in [1.165, 1.54) is 56.9 Å². The van der Waals surface area contributed by atoms with Gasteiger partial charge in [-0.05, 0) is 120 Å². The molecule has 0 bridgehead atoms. The predicted octanol–water partition coefficient (Wildman–Crippen LogP) is 13.0. The maximum absolute atomic E-state index is 12.9. The first-order valence-electron chi connectivity index (χ1n) is 23.4. The summed E-state index contributed by atoms with van der Waals surface area (Å²) in [6, 6.07) is 30.5. The second kappa shape index (κ2) is 18.8. The molecule has 11 atom stereocenters. The fourth-order valence-electron chi connectivity index (χ4n) is 12.9. The van der Waals surface area contributed by atoms with Crippen LogP contribution in [0.15, 0.2) is 113 Å². The van der Waals surface area contributed by atoms with Gasteiger partial charge in [-0.1, -0.05) is 162 Å². The molecule has 60 heavy (non-hydrogen) atoms. The van der Waals surface area contributed by atoms with E-state index in [0.717, 1.165) is 59.1 Å². The Morgan fingerprint density at radius 3 is 2.02 bits per heavy atom. The van der Waals surface area contributed by atoms with Crippen LogP contribution < -0.4 is 0 Å². The first kappa shape index (κ1) is 43.7. The lowest BCUT2D eigenvalue weighted by Crippen LogP contribution is -2.54. The number of halogens is 1. The van der Waals surface area contributed by atoms with E-state index >= 15 is 0 Å². The first-order chi connectivity index (χ1) is 29.0. The number of rotatable bonds is 16. The van der Waals surface area contributed by atoms with Crippen molar-refractivity contribution in [1.82, 2.24) is 0 Å². The maximum atomic E-state index is 12.9. The summed E-state index contributed by atoms with van der Waals surface area (Å²) in [5.74, 6) is 5.04. The standard InChI is InChI=1S/C54H71ClO5/c1-37(2)16-15-17-38(3)44-26-27-45-43-25-24-42-32-54(56,31-30-52(42,4)46(43)28-29-53(44,45)5)51-48(55)50(59-35-41-22-13-8-14-23-41)49(58-34-40-20-11-7-12-21-40)47(60-51)36-57-33-39-18-9-6-10-19-39/h6-14,18-23,32,37-38,43-47,49-50,56H,15-17,24-31,33-36H2,1-5H3/t38-,43+,44-,45+,46+,47-,49-,50-,52+,53-,54+/m1/s1. The number of aliphatic hydroxyl groups is 1. The van der Waals surface area contributed by atoms with Crippen molar-refractivity contribution in [3.8, 4) is 0 Å². The van der Waals surface area contributed by atoms with Crippen LogP contribution in [0.1, 0.15) is 122 Å². The highest BCUT2D eigenvalue weighted by Crippen LogP contribution is 2.68. The molecule has 0 amide bonds. The van der Waals surface area contributed by atoms with Crippen molar-refractivity contribution in [2.24, 2.45) is 46.3 Å². The largest absolute Gasteiger partial charge is 0.485 e. The maximum Gasteiger partial charge on any atom is 0.151 e. The van der Waals surface area contributed by atoms with E-state index < -0.39 is 23.9 Å². The molecule has 1 aliphatic heterocycles. The molecule has 0 aromatic heterocycles. The average molecular weight is 836 g/mol. The molecule has 6 heteroatoms. The van der Waals surface area contributed by atoms with Crippen molar-refractivity contribution in [1.29, 1.82) is 0 Å². The molecular formula is C54H71ClO5. The van der Waals surface area contributed by atoms with Gasteiger partial charge < -0.3 is 24.1 Å². The van der Waals surface area contributed by atoms with Gasteiger partial charge >= 0.3 is 0 Å². The molecule has 5 aliphatic rings. The summed E-state index contributed by atoms with van der Waals surface area (Å²) >= 11 is 7.51. The fraction of sp³-hybridized carbons (Fsp3) is 0.593. The van der Waals surface area contributed by atoms with E-state index in [9.17, 15) is 5.11 Å². The van der Waals surface area contributed by atoms with Gasteiger partial charge in [0.2, 0.25) is 0 Å². The van der Waals surface area contributed by atoms with Crippen LogP contribution in [0.25, 0.3) is 0 Å². The molecule has 3 aromatic rings. The monoisotopic (exact) mass is 834 g/mol. The summed E-state index contributed by atoms with van der Waals surface area (Å²) in [4.78, 5) is 0. The Bertz CT molecular complexity index is 1910. The van der Waals surface area contributed by atoms with Crippen LogP contribution in [-0.4, -0.2) is 35.6 Å². The Balaban J connectivity index is 1.06. The van der Waals surface area contributed by atoms with Gasteiger partial charge in [0.1, 0.15) is 23.6 Å². The minimum Gasteiger partial charge on any atom is -0.485 e. The van der Waals surface area contributed by atoms with E-state index in [1.807, 2.05) is 54.6 Å². The highest BCUT2D eigenvalue weighted by atomic mass is 35.5. The van der Waals surface area contributed by atoms with Crippen molar-refractivity contribution in [2.75, 3.05) is 6.61 Å². The molecule has 0 unspecified atom stereocenters. The van der Waals surface area contributed by atoms with Gasteiger partial charge in [0, 0.05) is 0 Å². The minimum atomic E-state index is -1.36. The Hall–Kier alpha value is -2.93. The minimum absolute atomic E-state index is 0.0574. The van der Waals surface area contributed by atoms with Crippen LogP contribution in [0, 0.1) is 46.3 Å². The van der Waals surface area contributed by atoms with Gasteiger partial charge in [0.05, 0.1) is 31.5 Å². The van der Waals surface area contributed by atoms with Crippen molar-refractivity contribution in [3.05, 3.63) is 130 Å². The molecule has 0 radical (unpaired) electrons. The summed E-state index contributed by atoms with van der Waals surface area (Å²) < 4.78 is 26.8. The summed E-state index contributed by atoms with van der Waals surface area (Å²) in [5, 5.41) is 13.3. The second-order valence-corrected chi connectivity index (χ2v) is 20.7. The molecule has 4 aliphatic carbocycles. The summed E-state index contributed by atoms with van der Waals surface area (Å²) in [7, 11) is 0. The normalized spacial score (nSPS) is 34.3. The lowest BCUT2D eigenvalue weighted by molar-refractivity contribution is -0.168. The van der Waals surface area contributed by atoms with Crippen molar-refractivity contribution < 1.29 is 24.1 Å². The second-order valence-electron chi connectivity index (χ2n) is 20.3. The number of fused-ring (bicyclic) bond motifs is 5. The quantitative estimate of drug-likeness (QED) is 0.146. The zero-order valence-corrected chi connectivity index (χ0v) is 37.8. The molecule has 8 rings (SSSR count). The Morgan fingerprint density at radius 1 is 0.733 bits per heavy atom. The van der Waals surface area contributed by atoms with Gasteiger partial charge in [0.25, 0.3) is 0 Å². The number of hydrogen-bond acceptors (Lipinski definition) is 5. The Morgan fingerprint density at radius 2 is 1.37 bits per heavy atom. The van der Waals surface area contributed by atoms with Crippen LogP contribution >= 0.6 is 11.6 Å². The molecule has 3 aromatic carbocycles. The molecular weight excluding hydrogens is 764 g/mol. The van der Waals surface area contributed by atoms with E-state index in [4.69, 9.17) is 30.5 Å². The molecule has 0 spiro atoms. The van der Waals surface area contributed by atoms with E-state index in [-0.39, 0.29) is 12.0 Å². The third-order valence-corrected chi connectivity index (χ3v) is 16.5. The third kappa shape index (κ3) is 9.09. The van der Waals surface area contributed by atoms with Crippen molar-refractivity contribution in [3.63, 3.8) is 0 Å². The van der Waals surface area contributed by atoms with E-state index in [2.05, 4.69) is 77.1 Å². The SMILES string of the molecule is CC(C)CCC[C@@H](C)[C@H]1CC[C@H]2[C@@H]3CCC4=C[C@](O)(C5=C(Cl)[C@@H](OCc6ccccc6)[C@H](OCc6ccccc6)[C@@H](COCc6ccccc6)O5)CC[C@]4(C)[C@H]3CC[C@]12C. The third-order valence-electron chi connectivity index (χ3n) is 16.1. The Labute approximate surface area is 366 Å². The van der Waals surface area contributed by atoms with Gasteiger partial charge in [-0.15, -0.1) is 0 Å². The summed E-state index contributed by atoms with van der Waals surface area (Å²) in [5.41, 5.74) is 3.71. The highest BCUT2D eigenvalue weighted by molar-refractivity contribution is 6.30. The first-order valence-corrected chi connectivity index (χ1v) is 23.8. The molecule has 1 N–H and O–H groups in total. The van der Waals surface area contributed by atoms with Crippen LogP contribution in [0.5, 0.6) is 0 Å². The topological polar surface area (TPSA) is 57.2 Å². The van der Waals surface area contributed by atoms with Gasteiger partial charge in [-0.2, -0.15) is 0 Å². The van der Waals surface area contributed by atoms with E-state index in [1.54, 1.807) is 0 Å². The summed E-state index contributed by atoms with van der Waals surface area (Å²) in [6.45, 7) is 13.9. The molecule has 3 fully saturated rings. The van der Waals surface area contributed by atoms with Crippen LogP contribution in [0.2, 0.25) is 0 Å². The lowest BCUT2D eigenvalue weighted by Gasteiger charge is -2.59. The highest BCUT2D eigenvalue weighted by Gasteiger charge is 2.61. The van der Waals surface area contributed by atoms with Gasteiger partial charge in [-0.25, -0.2) is 0 Å². The lowest BCUT2D eigenvalue weighted by atomic mass is 9.46. The van der Waals surface area contributed by atoms with Gasteiger partial charge in [-0.3, -0.25) is 0 Å². The van der Waals surface area contributed by atoms with Crippen LogP contribution in [-0.2, 0) is 38.8 Å². The zero-order chi connectivity index (χ0) is 41.9. The summed E-state index contributed by atoms with van der Waals surface area (Å²) in [6.07, 6.45) is 13.5. The number of hydrogen-bond donors (Lipinski definition) is 1. The van der Waals surface area contributed by atoms with E-state index in [0.29, 0.717) is 48.4 Å². The number of allylic oxidation sites excluding steroid dienone is 1. The number of ether oxygens (including phenoxy) is 4. The van der Waals surface area contributed by atoms with Gasteiger partial charge in [0.15, 0.2) is 6.10 Å². The van der Waals surface area contributed by atoms with Crippen molar-refractivity contribution >= 4 is 11.6 Å². The smallest absolute Gasteiger partial charge is 0.151 e. The number of benzene rings is 3. The van der Waals surface area contributed by atoms with Crippen molar-refractivity contribution in [2.45, 2.75) is 149 Å². The average Bonchev–Trinajstić information content (AvgIpc) is 3.61. The molecule has 1 heterocycles.